The van der Waals surface area contributed by atoms with E-state index in [4.69, 9.17) is 0 Å². The zero-order valence-corrected chi connectivity index (χ0v) is 21.8. The molecule has 1 N–H and O–H groups in total. The molecule has 4 aromatic rings. The Morgan fingerprint density at radius 2 is 1.62 bits per heavy atom. The van der Waals surface area contributed by atoms with E-state index in [9.17, 15) is 4.79 Å². The van der Waals surface area contributed by atoms with Gasteiger partial charge in [0.15, 0.2) is 0 Å². The zero-order valence-electron chi connectivity index (χ0n) is 19.4. The van der Waals surface area contributed by atoms with Crippen molar-refractivity contribution < 1.29 is 4.79 Å². The maximum Gasteiger partial charge on any atom is 0.271 e. The summed E-state index contributed by atoms with van der Waals surface area (Å²) >= 11 is 5.46. The fourth-order valence-electron chi connectivity index (χ4n) is 3.71. The molecule has 0 bridgehead atoms. The van der Waals surface area contributed by atoms with Crippen molar-refractivity contribution in [1.29, 1.82) is 0 Å². The average molecular weight is 533 g/mol. The molecule has 0 radical (unpaired) electrons. The summed E-state index contributed by atoms with van der Waals surface area (Å²) in [5.74, 6) is 0.622. The van der Waals surface area contributed by atoms with Gasteiger partial charge < -0.3 is 4.57 Å². The number of aryl methyl sites for hydroxylation is 1. The summed E-state index contributed by atoms with van der Waals surface area (Å²) in [6.07, 6.45) is 1.69. The molecule has 0 aliphatic carbocycles. The van der Waals surface area contributed by atoms with Crippen LogP contribution in [-0.4, -0.2) is 16.7 Å². The number of rotatable bonds is 7. The van der Waals surface area contributed by atoms with Gasteiger partial charge in [0.1, 0.15) is 0 Å². The molecular weight excluding hydrogens is 506 g/mol. The van der Waals surface area contributed by atoms with Crippen molar-refractivity contribution in [3.8, 4) is 5.69 Å². The molecule has 34 heavy (non-hydrogen) atoms. The van der Waals surface area contributed by atoms with E-state index >= 15 is 0 Å². The van der Waals surface area contributed by atoms with Crippen LogP contribution in [0.4, 0.5) is 0 Å². The summed E-state index contributed by atoms with van der Waals surface area (Å²) in [6, 6.07) is 26.3. The molecule has 0 saturated carbocycles. The molecule has 4 nitrogen and oxygen atoms in total. The predicted octanol–water partition coefficient (Wildman–Crippen LogP) is 7.22. The van der Waals surface area contributed by atoms with E-state index in [0.29, 0.717) is 5.56 Å². The number of aromatic nitrogens is 1. The molecule has 1 amide bonds. The Balaban J connectivity index is 1.41. The van der Waals surface area contributed by atoms with Crippen molar-refractivity contribution in [3.05, 3.63) is 117 Å². The number of hydrogen-bond donors (Lipinski definition) is 1. The van der Waals surface area contributed by atoms with Crippen LogP contribution in [-0.2, 0) is 5.75 Å². The Bertz CT molecular complexity index is 1310. The van der Waals surface area contributed by atoms with Crippen molar-refractivity contribution in [2.24, 2.45) is 5.10 Å². The number of benzene rings is 3. The third kappa shape index (κ3) is 5.51. The van der Waals surface area contributed by atoms with Crippen LogP contribution in [0.3, 0.4) is 0 Å². The average Bonchev–Trinajstić information content (AvgIpc) is 3.07. The van der Waals surface area contributed by atoms with Gasteiger partial charge in [0, 0.05) is 43.3 Å². The monoisotopic (exact) mass is 531 g/mol. The van der Waals surface area contributed by atoms with Gasteiger partial charge in [-0.1, -0.05) is 48.0 Å². The van der Waals surface area contributed by atoms with Gasteiger partial charge in [-0.05, 0) is 78.7 Å². The molecule has 1 heterocycles. The quantitative estimate of drug-likeness (QED) is 0.155. The Hall–Kier alpha value is -3.09. The zero-order chi connectivity index (χ0) is 24.1. The Kier molecular flexibility index (Phi) is 7.70. The van der Waals surface area contributed by atoms with Crippen molar-refractivity contribution in [2.75, 3.05) is 0 Å². The molecule has 0 aliphatic rings. The van der Waals surface area contributed by atoms with E-state index in [1.807, 2.05) is 49.4 Å². The van der Waals surface area contributed by atoms with Gasteiger partial charge in [-0.3, -0.25) is 4.79 Å². The Morgan fingerprint density at radius 1 is 0.941 bits per heavy atom. The topological polar surface area (TPSA) is 46.4 Å². The van der Waals surface area contributed by atoms with Crippen molar-refractivity contribution in [1.82, 2.24) is 9.99 Å². The summed E-state index contributed by atoms with van der Waals surface area (Å²) < 4.78 is 3.14. The molecular formula is C28H26BrN3OS. The number of halogens is 1. The molecule has 0 fully saturated rings. The highest BCUT2D eigenvalue weighted by Gasteiger charge is 2.16. The summed E-state index contributed by atoms with van der Waals surface area (Å²) in [6.45, 7) is 6.19. The third-order valence-corrected chi connectivity index (χ3v) is 7.72. The van der Waals surface area contributed by atoms with Crippen LogP contribution in [0.2, 0.25) is 0 Å². The lowest BCUT2D eigenvalue weighted by Gasteiger charge is -2.09. The number of amides is 1. The van der Waals surface area contributed by atoms with E-state index < -0.39 is 0 Å². The fourth-order valence-corrected chi connectivity index (χ4v) is 5.15. The minimum atomic E-state index is -0.234. The van der Waals surface area contributed by atoms with Gasteiger partial charge in [-0.2, -0.15) is 5.10 Å². The smallest absolute Gasteiger partial charge is 0.271 e. The van der Waals surface area contributed by atoms with Gasteiger partial charge in [0.05, 0.1) is 6.21 Å². The van der Waals surface area contributed by atoms with Crippen LogP contribution >= 0.6 is 27.7 Å². The maximum absolute atomic E-state index is 12.6. The first-order valence-corrected chi connectivity index (χ1v) is 12.8. The van der Waals surface area contributed by atoms with Crippen LogP contribution in [0.15, 0.2) is 93.3 Å². The first-order valence-electron chi connectivity index (χ1n) is 11.0. The molecule has 172 valence electrons. The molecule has 0 aliphatic heterocycles. The summed E-state index contributed by atoms with van der Waals surface area (Å²) in [5, 5.41) is 4.23. The fraction of sp³-hybridized carbons (Fsp3) is 0.143. The lowest BCUT2D eigenvalue weighted by Crippen LogP contribution is -2.17. The lowest BCUT2D eigenvalue weighted by atomic mass is 10.1. The molecule has 3 aromatic carbocycles. The van der Waals surface area contributed by atoms with Gasteiger partial charge >= 0.3 is 0 Å². The van der Waals surface area contributed by atoms with Crippen molar-refractivity contribution >= 4 is 39.8 Å². The first-order chi connectivity index (χ1) is 16.4. The number of nitrogens with one attached hydrogen (secondary N) is 1. The Labute approximate surface area is 213 Å². The van der Waals surface area contributed by atoms with E-state index in [1.165, 1.54) is 16.0 Å². The van der Waals surface area contributed by atoms with E-state index in [-0.39, 0.29) is 5.91 Å². The molecule has 0 atom stereocenters. The number of carbonyl (C=O) groups excluding carboxylic acids is 1. The minimum absolute atomic E-state index is 0.234. The van der Waals surface area contributed by atoms with Crippen LogP contribution in [0, 0.1) is 20.8 Å². The predicted molar refractivity (Wildman–Crippen MR) is 145 cm³/mol. The number of carbonyl (C=O) groups is 1. The second kappa shape index (κ2) is 10.9. The minimum Gasteiger partial charge on any atom is -0.317 e. The van der Waals surface area contributed by atoms with Crippen LogP contribution in [0.25, 0.3) is 5.69 Å². The standard InChI is InChI=1S/C28H26BrN3OS/c1-19-9-15-24(16-10-19)32-20(2)26(27(29)21(32)3)17-30-31-28(33)23-13-11-22(12-14-23)18-34-25-7-5-4-6-8-25/h4-17H,18H2,1-3H3,(H,31,33)/b30-17-. The Morgan fingerprint density at radius 3 is 2.29 bits per heavy atom. The van der Waals surface area contributed by atoms with E-state index in [2.05, 4.69) is 81.3 Å². The van der Waals surface area contributed by atoms with Crippen LogP contribution in [0.5, 0.6) is 0 Å². The summed E-state index contributed by atoms with van der Waals surface area (Å²) in [5.41, 5.74) is 9.78. The van der Waals surface area contributed by atoms with Gasteiger partial charge in [0.2, 0.25) is 0 Å². The van der Waals surface area contributed by atoms with Gasteiger partial charge in [0.25, 0.3) is 5.91 Å². The van der Waals surface area contributed by atoms with E-state index in [1.54, 1.807) is 18.0 Å². The second-order valence-electron chi connectivity index (χ2n) is 8.07. The van der Waals surface area contributed by atoms with Crippen LogP contribution < -0.4 is 5.43 Å². The highest BCUT2D eigenvalue weighted by atomic mass is 79.9. The SMILES string of the molecule is Cc1ccc(-n2c(C)c(Br)c(/C=N\NC(=O)c3ccc(CSc4ccccc4)cc3)c2C)cc1. The maximum atomic E-state index is 12.6. The molecule has 0 unspecified atom stereocenters. The van der Waals surface area contributed by atoms with Crippen molar-refractivity contribution in [2.45, 2.75) is 31.4 Å². The summed E-state index contributed by atoms with van der Waals surface area (Å²) in [4.78, 5) is 13.8. The number of hydrazone groups is 1. The summed E-state index contributed by atoms with van der Waals surface area (Å²) in [7, 11) is 0. The highest BCUT2D eigenvalue weighted by Crippen LogP contribution is 2.29. The lowest BCUT2D eigenvalue weighted by molar-refractivity contribution is 0.0955. The molecule has 0 saturated heterocycles. The van der Waals surface area contributed by atoms with Crippen molar-refractivity contribution in [3.63, 3.8) is 0 Å². The first kappa shape index (κ1) is 24.0. The number of nitrogens with zero attached hydrogens (tertiary/aromatic N) is 2. The highest BCUT2D eigenvalue weighted by molar-refractivity contribution is 9.10. The number of hydrogen-bond acceptors (Lipinski definition) is 3. The third-order valence-electron chi connectivity index (χ3n) is 5.63. The molecule has 0 spiro atoms. The van der Waals surface area contributed by atoms with E-state index in [0.717, 1.165) is 32.9 Å². The largest absolute Gasteiger partial charge is 0.317 e. The molecule has 4 rings (SSSR count). The van der Waals surface area contributed by atoms with Gasteiger partial charge in [-0.15, -0.1) is 11.8 Å². The molecule has 6 heteroatoms. The van der Waals surface area contributed by atoms with Crippen LogP contribution in [0.1, 0.15) is 38.4 Å². The van der Waals surface area contributed by atoms with Gasteiger partial charge in [-0.25, -0.2) is 5.43 Å². The molecule has 1 aromatic heterocycles. The second-order valence-corrected chi connectivity index (χ2v) is 9.91. The number of thioether (sulfide) groups is 1. The normalized spacial score (nSPS) is 11.2.